The lowest BCUT2D eigenvalue weighted by Gasteiger charge is -2.23. The van der Waals surface area contributed by atoms with Crippen molar-refractivity contribution >= 4 is 34.9 Å². The molecule has 0 aromatic carbocycles. The third-order valence-corrected chi connectivity index (χ3v) is 4.78. The van der Waals surface area contributed by atoms with Crippen molar-refractivity contribution in [1.82, 2.24) is 19.5 Å². The summed E-state index contributed by atoms with van der Waals surface area (Å²) in [7, 11) is 0. The van der Waals surface area contributed by atoms with Crippen LogP contribution in [0.2, 0.25) is 0 Å². The summed E-state index contributed by atoms with van der Waals surface area (Å²) in [6.45, 7) is 3.79. The van der Waals surface area contributed by atoms with Crippen molar-refractivity contribution in [3.05, 3.63) is 12.7 Å². The molecule has 4 atom stereocenters. The Morgan fingerprint density at radius 1 is 0.967 bits per heavy atom. The molecule has 0 amide bonds. The highest BCUT2D eigenvalue weighted by atomic mass is 16.6. The second-order valence-corrected chi connectivity index (χ2v) is 6.88. The van der Waals surface area contributed by atoms with Crippen molar-refractivity contribution < 1.29 is 33.3 Å². The molecule has 162 valence electrons. The molecule has 12 heteroatoms. The first-order valence-corrected chi connectivity index (χ1v) is 9.26. The average molecular weight is 421 g/mol. The Morgan fingerprint density at radius 2 is 1.57 bits per heavy atom. The normalized spacial score (nSPS) is 23.3. The van der Waals surface area contributed by atoms with Crippen molar-refractivity contribution in [3.8, 4) is 0 Å². The topological polar surface area (TPSA) is 158 Å². The Kier molecular flexibility index (Phi) is 6.45. The second kappa shape index (κ2) is 9.03. The van der Waals surface area contributed by atoms with Crippen LogP contribution in [-0.4, -0.2) is 63.4 Å². The van der Waals surface area contributed by atoms with Gasteiger partial charge in [0.05, 0.1) is 19.5 Å². The first-order chi connectivity index (χ1) is 14.3. The van der Waals surface area contributed by atoms with E-state index in [0.29, 0.717) is 11.2 Å². The number of imidazole rings is 1. The fourth-order valence-electron chi connectivity index (χ4n) is 3.42. The van der Waals surface area contributed by atoms with Crippen LogP contribution >= 0.6 is 0 Å². The molecule has 0 radical (unpaired) electrons. The van der Waals surface area contributed by atoms with Crippen LogP contribution in [0.3, 0.4) is 0 Å². The van der Waals surface area contributed by atoms with E-state index in [9.17, 15) is 14.4 Å². The van der Waals surface area contributed by atoms with Crippen molar-refractivity contribution in [2.75, 3.05) is 25.6 Å². The van der Waals surface area contributed by atoms with E-state index in [-0.39, 0.29) is 25.6 Å². The summed E-state index contributed by atoms with van der Waals surface area (Å²) in [5.41, 5.74) is 6.69. The van der Waals surface area contributed by atoms with Gasteiger partial charge in [-0.3, -0.25) is 19.0 Å². The van der Waals surface area contributed by atoms with Crippen LogP contribution in [0.15, 0.2) is 12.7 Å². The molecular weight excluding hydrogens is 398 g/mol. The molecule has 3 rings (SSSR count). The SMILES string of the molecule is CC(=O)OCC1OC(n2cnc3c(N)ncnc32)C(COC(C)=O)C1COC(C)=O. The number of ether oxygens (including phenoxy) is 4. The lowest BCUT2D eigenvalue weighted by Crippen LogP contribution is -2.33. The highest BCUT2D eigenvalue weighted by Crippen LogP contribution is 2.41. The summed E-state index contributed by atoms with van der Waals surface area (Å²) >= 11 is 0. The Balaban J connectivity index is 1.97. The largest absolute Gasteiger partial charge is 0.465 e. The van der Waals surface area contributed by atoms with Gasteiger partial charge in [-0.15, -0.1) is 0 Å². The van der Waals surface area contributed by atoms with E-state index in [1.165, 1.54) is 33.4 Å². The van der Waals surface area contributed by atoms with Crippen LogP contribution < -0.4 is 5.73 Å². The minimum atomic E-state index is -0.690. The van der Waals surface area contributed by atoms with E-state index < -0.39 is 42.1 Å². The highest BCUT2D eigenvalue weighted by molar-refractivity contribution is 5.81. The smallest absolute Gasteiger partial charge is 0.302 e. The summed E-state index contributed by atoms with van der Waals surface area (Å²) in [4.78, 5) is 46.5. The van der Waals surface area contributed by atoms with Crippen molar-refractivity contribution in [2.45, 2.75) is 33.1 Å². The standard InChI is InChI=1S/C18H23N5O7/c1-9(24)27-4-12-13(5-28-10(2)25)18(30-14(12)6-29-11(3)26)23-8-22-15-16(19)20-7-21-17(15)23/h7-8,12-14,18H,4-6H2,1-3H3,(H2,19,20,21). The zero-order valence-corrected chi connectivity index (χ0v) is 16.8. The third-order valence-electron chi connectivity index (χ3n) is 4.78. The molecule has 0 bridgehead atoms. The van der Waals surface area contributed by atoms with E-state index in [1.54, 1.807) is 4.57 Å². The maximum absolute atomic E-state index is 11.4. The molecule has 4 unspecified atom stereocenters. The second-order valence-electron chi connectivity index (χ2n) is 6.88. The van der Waals surface area contributed by atoms with Crippen LogP contribution in [0, 0.1) is 11.8 Å². The molecule has 1 fully saturated rings. The van der Waals surface area contributed by atoms with Gasteiger partial charge in [-0.2, -0.15) is 0 Å². The van der Waals surface area contributed by atoms with E-state index in [1.807, 2.05) is 0 Å². The summed E-state index contributed by atoms with van der Waals surface area (Å²) in [6.07, 6.45) is 1.50. The molecule has 1 aliphatic heterocycles. The lowest BCUT2D eigenvalue weighted by atomic mass is 9.90. The molecule has 0 saturated carbocycles. The Morgan fingerprint density at radius 3 is 2.20 bits per heavy atom. The van der Waals surface area contributed by atoms with Crippen molar-refractivity contribution in [3.63, 3.8) is 0 Å². The summed E-state index contributed by atoms with van der Waals surface area (Å²) in [5, 5.41) is 0. The number of nitrogens with zero attached hydrogens (tertiary/aromatic N) is 4. The number of nitrogens with two attached hydrogens (primary N) is 1. The first kappa shape index (κ1) is 21.4. The highest BCUT2D eigenvalue weighted by Gasteiger charge is 2.47. The summed E-state index contributed by atoms with van der Waals surface area (Å²) in [5.74, 6) is -2.06. The number of anilines is 1. The van der Waals surface area contributed by atoms with Crippen molar-refractivity contribution in [1.29, 1.82) is 0 Å². The van der Waals surface area contributed by atoms with Gasteiger partial charge in [0.15, 0.2) is 11.5 Å². The number of rotatable bonds is 7. The van der Waals surface area contributed by atoms with E-state index in [0.717, 1.165) is 0 Å². The van der Waals surface area contributed by atoms with Crippen LogP contribution in [0.1, 0.15) is 27.0 Å². The van der Waals surface area contributed by atoms with Crippen LogP contribution in [0.4, 0.5) is 5.82 Å². The number of carbonyl (C=O) groups excluding carboxylic acids is 3. The molecule has 2 N–H and O–H groups in total. The van der Waals surface area contributed by atoms with Gasteiger partial charge < -0.3 is 24.7 Å². The molecule has 3 heterocycles. The van der Waals surface area contributed by atoms with Gasteiger partial charge in [-0.1, -0.05) is 0 Å². The maximum atomic E-state index is 11.4. The van der Waals surface area contributed by atoms with E-state index >= 15 is 0 Å². The quantitative estimate of drug-likeness (QED) is 0.482. The third kappa shape index (κ3) is 4.64. The fraction of sp³-hybridized carbons (Fsp3) is 0.556. The Bertz CT molecular complexity index is 946. The molecule has 0 spiro atoms. The number of aromatic nitrogens is 4. The lowest BCUT2D eigenvalue weighted by molar-refractivity contribution is -0.149. The maximum Gasteiger partial charge on any atom is 0.302 e. The van der Waals surface area contributed by atoms with Gasteiger partial charge in [-0.25, -0.2) is 15.0 Å². The molecule has 0 aliphatic carbocycles. The molecule has 2 aromatic heterocycles. The number of carbonyl (C=O) groups is 3. The van der Waals surface area contributed by atoms with Gasteiger partial charge in [0.2, 0.25) is 0 Å². The van der Waals surface area contributed by atoms with Crippen molar-refractivity contribution in [2.24, 2.45) is 11.8 Å². The van der Waals surface area contributed by atoms with Gasteiger partial charge in [0.25, 0.3) is 0 Å². The van der Waals surface area contributed by atoms with Crippen LogP contribution in [0.25, 0.3) is 11.2 Å². The molecular formula is C18H23N5O7. The predicted octanol–water partition coefficient (Wildman–Crippen LogP) is 0.228. The first-order valence-electron chi connectivity index (χ1n) is 9.26. The van der Waals surface area contributed by atoms with Gasteiger partial charge in [0.1, 0.15) is 30.8 Å². The average Bonchev–Trinajstić information content (AvgIpc) is 3.24. The molecule has 30 heavy (non-hydrogen) atoms. The van der Waals surface area contributed by atoms with E-state index in [2.05, 4.69) is 15.0 Å². The number of hydrogen-bond donors (Lipinski definition) is 1. The monoisotopic (exact) mass is 421 g/mol. The molecule has 1 aliphatic rings. The number of hydrogen-bond acceptors (Lipinski definition) is 11. The minimum absolute atomic E-state index is 0.00650. The van der Waals surface area contributed by atoms with Crippen LogP contribution in [0.5, 0.6) is 0 Å². The zero-order valence-electron chi connectivity index (χ0n) is 16.8. The Hall–Kier alpha value is -3.28. The van der Waals surface area contributed by atoms with Gasteiger partial charge in [-0.05, 0) is 0 Å². The molecule has 1 saturated heterocycles. The van der Waals surface area contributed by atoms with Crippen LogP contribution in [-0.2, 0) is 33.3 Å². The van der Waals surface area contributed by atoms with Gasteiger partial charge in [0, 0.05) is 32.6 Å². The summed E-state index contributed by atoms with van der Waals surface area (Å²) in [6, 6.07) is 0. The predicted molar refractivity (Wildman–Crippen MR) is 101 cm³/mol. The van der Waals surface area contributed by atoms with Gasteiger partial charge >= 0.3 is 17.9 Å². The molecule has 2 aromatic rings. The number of nitrogen functional groups attached to an aromatic ring is 1. The minimum Gasteiger partial charge on any atom is -0.465 e. The fourth-order valence-corrected chi connectivity index (χ4v) is 3.42. The number of esters is 3. The number of fused-ring (bicyclic) bond motifs is 1. The zero-order chi connectivity index (χ0) is 21.8. The molecule has 12 nitrogen and oxygen atoms in total. The summed E-state index contributed by atoms with van der Waals surface area (Å²) < 4.78 is 23.4. The van der Waals surface area contributed by atoms with E-state index in [4.69, 9.17) is 24.7 Å². The Labute approximate surface area is 171 Å².